The van der Waals surface area contributed by atoms with Crippen molar-refractivity contribution in [3.8, 4) is 0 Å². The molecule has 4 rings (SSSR count). The van der Waals surface area contributed by atoms with Crippen molar-refractivity contribution in [1.29, 1.82) is 0 Å². The van der Waals surface area contributed by atoms with Gasteiger partial charge in [0, 0.05) is 69.3 Å². The Morgan fingerprint density at radius 1 is 1.00 bits per heavy atom. The second kappa shape index (κ2) is 9.34. The third-order valence-corrected chi connectivity index (χ3v) is 6.02. The largest absolute Gasteiger partial charge is 0.371 e. The molecule has 0 atom stereocenters. The minimum Gasteiger partial charge on any atom is -0.371 e. The molecule has 2 aromatic carbocycles. The van der Waals surface area contributed by atoms with Gasteiger partial charge in [0.25, 0.3) is 0 Å². The normalized spacial score (nSPS) is 13.4. The Balaban J connectivity index is 1.43. The van der Waals surface area contributed by atoms with Gasteiger partial charge in [-0.15, -0.1) is 0 Å². The molecule has 1 saturated heterocycles. The number of aromatic nitrogens is 1. The lowest BCUT2D eigenvalue weighted by Crippen LogP contribution is -2.31. The number of rotatable bonds is 6. The third kappa shape index (κ3) is 4.72. The molecule has 32 heavy (non-hydrogen) atoms. The summed E-state index contributed by atoms with van der Waals surface area (Å²) in [6.45, 7) is 2.99. The summed E-state index contributed by atoms with van der Waals surface area (Å²) in [7, 11) is 5.32. The molecule has 0 aliphatic carbocycles. The van der Waals surface area contributed by atoms with Crippen molar-refractivity contribution in [3.63, 3.8) is 0 Å². The fourth-order valence-corrected chi connectivity index (χ4v) is 4.16. The number of amides is 3. The van der Waals surface area contributed by atoms with Crippen molar-refractivity contribution in [2.75, 3.05) is 44.4 Å². The first-order valence-electron chi connectivity index (χ1n) is 11.1. The van der Waals surface area contributed by atoms with Gasteiger partial charge in [0.05, 0.1) is 0 Å². The van der Waals surface area contributed by atoms with Crippen LogP contribution in [0.2, 0.25) is 0 Å². The monoisotopic (exact) mass is 433 g/mol. The lowest BCUT2D eigenvalue weighted by molar-refractivity contribution is -0.129. The van der Waals surface area contributed by atoms with Gasteiger partial charge in [-0.1, -0.05) is 18.2 Å². The first kappa shape index (κ1) is 21.7. The average Bonchev–Trinajstić information content (AvgIpc) is 3.44. The molecule has 168 valence electrons. The van der Waals surface area contributed by atoms with Gasteiger partial charge < -0.3 is 24.6 Å². The summed E-state index contributed by atoms with van der Waals surface area (Å²) in [5, 5.41) is 3.98. The maximum absolute atomic E-state index is 12.9. The molecule has 0 spiro atoms. The second-order valence-electron chi connectivity index (χ2n) is 8.61. The number of nitrogens with zero attached hydrogens (tertiary/aromatic N) is 4. The lowest BCUT2D eigenvalue weighted by atomic mass is 10.1. The van der Waals surface area contributed by atoms with Gasteiger partial charge in [-0.05, 0) is 48.7 Å². The van der Waals surface area contributed by atoms with Crippen LogP contribution in [-0.4, -0.2) is 60.5 Å². The van der Waals surface area contributed by atoms with Crippen LogP contribution in [0.25, 0.3) is 10.9 Å². The number of carbonyl (C=O) groups excluding carboxylic acids is 2. The number of para-hydroxylation sites is 1. The average molecular weight is 434 g/mol. The summed E-state index contributed by atoms with van der Waals surface area (Å²) < 4.78 is 1.92. The van der Waals surface area contributed by atoms with Crippen LogP contribution in [0.1, 0.15) is 18.4 Å². The number of benzene rings is 2. The van der Waals surface area contributed by atoms with Crippen LogP contribution >= 0.6 is 0 Å². The van der Waals surface area contributed by atoms with Crippen LogP contribution in [0.3, 0.4) is 0 Å². The summed E-state index contributed by atoms with van der Waals surface area (Å²) in [5.74, 6) is 0.0377. The van der Waals surface area contributed by atoms with E-state index < -0.39 is 0 Å². The Morgan fingerprint density at radius 2 is 1.75 bits per heavy atom. The summed E-state index contributed by atoms with van der Waals surface area (Å²) in [4.78, 5) is 30.6. The van der Waals surface area contributed by atoms with Crippen LogP contribution in [-0.2, 0) is 17.9 Å². The van der Waals surface area contributed by atoms with Crippen molar-refractivity contribution in [3.05, 3.63) is 60.3 Å². The standard InChI is InChI=1S/C25H31N5O2/c1-27(2)24(31)18-30-15-12-19-16-21(10-11-23(19)30)26-25(32)28(3)17-20-8-4-5-9-22(20)29-13-6-7-14-29/h4-5,8-12,15-16H,6-7,13-14,17-18H2,1-3H3,(H,26,32). The highest BCUT2D eigenvalue weighted by Crippen LogP contribution is 2.26. The lowest BCUT2D eigenvalue weighted by Gasteiger charge is -2.24. The Morgan fingerprint density at radius 3 is 2.50 bits per heavy atom. The molecule has 0 saturated carbocycles. The second-order valence-corrected chi connectivity index (χ2v) is 8.61. The summed E-state index contributed by atoms with van der Waals surface area (Å²) >= 11 is 0. The Kier molecular flexibility index (Phi) is 6.35. The molecule has 0 bridgehead atoms. The highest BCUT2D eigenvalue weighted by Gasteiger charge is 2.18. The van der Waals surface area contributed by atoms with Gasteiger partial charge >= 0.3 is 6.03 Å². The first-order chi connectivity index (χ1) is 15.4. The molecule has 1 aromatic heterocycles. The summed E-state index contributed by atoms with van der Waals surface area (Å²) in [5.41, 5.74) is 4.08. The number of likely N-dealkylation sites (N-methyl/N-ethyl adjacent to an activating group) is 1. The maximum atomic E-state index is 12.9. The molecule has 1 aliphatic heterocycles. The molecule has 3 amide bonds. The van der Waals surface area contributed by atoms with E-state index in [1.165, 1.54) is 18.5 Å². The number of fused-ring (bicyclic) bond motifs is 1. The van der Waals surface area contributed by atoms with E-state index in [1.807, 2.05) is 48.1 Å². The van der Waals surface area contributed by atoms with Gasteiger partial charge in [-0.3, -0.25) is 4.79 Å². The van der Waals surface area contributed by atoms with Gasteiger partial charge in [0.15, 0.2) is 0 Å². The minimum atomic E-state index is -0.150. The van der Waals surface area contributed by atoms with Gasteiger partial charge in [0.1, 0.15) is 6.54 Å². The molecule has 7 nitrogen and oxygen atoms in total. The number of carbonyl (C=O) groups is 2. The fourth-order valence-electron chi connectivity index (χ4n) is 4.16. The van der Waals surface area contributed by atoms with Crippen molar-refractivity contribution < 1.29 is 9.59 Å². The van der Waals surface area contributed by atoms with Crippen molar-refractivity contribution in [1.82, 2.24) is 14.4 Å². The Bertz CT molecular complexity index is 1110. The smallest absolute Gasteiger partial charge is 0.321 e. The highest BCUT2D eigenvalue weighted by molar-refractivity contribution is 5.93. The van der Waals surface area contributed by atoms with Gasteiger partial charge in [-0.25, -0.2) is 4.79 Å². The van der Waals surface area contributed by atoms with E-state index in [1.54, 1.807) is 23.9 Å². The van der Waals surface area contributed by atoms with Crippen molar-refractivity contribution >= 4 is 34.2 Å². The number of urea groups is 1. The van der Waals surface area contributed by atoms with Gasteiger partial charge in [0.2, 0.25) is 5.91 Å². The molecule has 1 fully saturated rings. The molecule has 0 unspecified atom stereocenters. The number of hydrogen-bond acceptors (Lipinski definition) is 3. The van der Waals surface area contributed by atoms with Crippen LogP contribution in [0.5, 0.6) is 0 Å². The van der Waals surface area contributed by atoms with E-state index in [0.717, 1.165) is 35.2 Å². The number of nitrogens with one attached hydrogen (secondary N) is 1. The molecular weight excluding hydrogens is 402 g/mol. The van der Waals surface area contributed by atoms with E-state index in [4.69, 9.17) is 0 Å². The van der Waals surface area contributed by atoms with Crippen LogP contribution in [0.4, 0.5) is 16.2 Å². The predicted octanol–water partition coefficient (Wildman–Crippen LogP) is 3.99. The molecule has 1 aliphatic rings. The van der Waals surface area contributed by atoms with E-state index >= 15 is 0 Å². The van der Waals surface area contributed by atoms with E-state index in [2.05, 4.69) is 28.4 Å². The summed E-state index contributed by atoms with van der Waals surface area (Å²) in [6.07, 6.45) is 4.34. The maximum Gasteiger partial charge on any atom is 0.321 e. The predicted molar refractivity (Wildman–Crippen MR) is 129 cm³/mol. The van der Waals surface area contributed by atoms with Crippen molar-refractivity contribution in [2.24, 2.45) is 0 Å². The van der Waals surface area contributed by atoms with Crippen LogP contribution in [0, 0.1) is 0 Å². The molecule has 1 N–H and O–H groups in total. The van der Waals surface area contributed by atoms with E-state index in [9.17, 15) is 9.59 Å². The zero-order valence-corrected chi connectivity index (χ0v) is 19.0. The Hall–Kier alpha value is -3.48. The van der Waals surface area contributed by atoms with Crippen LogP contribution < -0.4 is 10.2 Å². The van der Waals surface area contributed by atoms with Gasteiger partial charge in [-0.2, -0.15) is 0 Å². The fraction of sp³-hybridized carbons (Fsp3) is 0.360. The molecular formula is C25H31N5O2. The minimum absolute atomic E-state index is 0.0377. The number of anilines is 2. The van der Waals surface area contributed by atoms with E-state index in [0.29, 0.717) is 13.1 Å². The SMILES string of the molecule is CN(C)C(=O)Cn1ccc2cc(NC(=O)N(C)Cc3ccccc3N3CCCC3)ccc21. The zero-order chi connectivity index (χ0) is 22.7. The topological polar surface area (TPSA) is 60.8 Å². The molecule has 2 heterocycles. The quantitative estimate of drug-likeness (QED) is 0.639. The number of hydrogen-bond donors (Lipinski definition) is 1. The zero-order valence-electron chi connectivity index (χ0n) is 19.0. The molecule has 7 heteroatoms. The Labute approximate surface area is 189 Å². The highest BCUT2D eigenvalue weighted by atomic mass is 16.2. The van der Waals surface area contributed by atoms with Crippen LogP contribution in [0.15, 0.2) is 54.7 Å². The first-order valence-corrected chi connectivity index (χ1v) is 11.1. The molecule has 0 radical (unpaired) electrons. The van der Waals surface area contributed by atoms with Crippen molar-refractivity contribution in [2.45, 2.75) is 25.9 Å². The third-order valence-electron chi connectivity index (χ3n) is 6.02. The van der Waals surface area contributed by atoms with E-state index in [-0.39, 0.29) is 11.9 Å². The molecule has 3 aromatic rings. The summed E-state index contributed by atoms with van der Waals surface area (Å²) in [6, 6.07) is 15.9.